The van der Waals surface area contributed by atoms with E-state index in [1.54, 1.807) is 24.3 Å². The van der Waals surface area contributed by atoms with Crippen molar-refractivity contribution < 1.29 is 35.2 Å². The Morgan fingerprint density at radius 1 is 0.725 bits per heavy atom. The molecule has 0 saturated carbocycles. The Bertz CT molecular complexity index is 3150. The fraction of sp³-hybridized carbons (Fsp3) is 0.250. The predicted molar refractivity (Wildman–Crippen MR) is 266 cm³/mol. The highest BCUT2D eigenvalue weighted by Crippen LogP contribution is 2.39. The Morgan fingerprint density at radius 3 is 1.64 bits per heavy atom. The molecule has 4 aromatic carbocycles. The van der Waals surface area contributed by atoms with Crippen molar-refractivity contribution in [3.63, 3.8) is 0 Å². The van der Waals surface area contributed by atoms with E-state index in [0.29, 0.717) is 63.3 Å². The summed E-state index contributed by atoms with van der Waals surface area (Å²) in [5.41, 5.74) is 5.94. The van der Waals surface area contributed by atoms with Gasteiger partial charge < -0.3 is 16.0 Å². The Balaban J connectivity index is 0.000000196. The van der Waals surface area contributed by atoms with E-state index >= 15 is 0 Å². The fourth-order valence-electron chi connectivity index (χ4n) is 7.51. The third kappa shape index (κ3) is 14.4. The lowest BCUT2D eigenvalue weighted by Gasteiger charge is -2.33. The number of benzene rings is 4. The van der Waals surface area contributed by atoms with Gasteiger partial charge in [0.15, 0.2) is 0 Å². The summed E-state index contributed by atoms with van der Waals surface area (Å²) in [7, 11) is -7.55. The van der Waals surface area contributed by atoms with Gasteiger partial charge in [-0.25, -0.2) is 35.9 Å². The van der Waals surface area contributed by atoms with Crippen molar-refractivity contribution in [3.8, 4) is 12.1 Å². The molecule has 2 aliphatic rings. The van der Waals surface area contributed by atoms with Crippen molar-refractivity contribution in [3.05, 3.63) is 163 Å². The van der Waals surface area contributed by atoms with Gasteiger partial charge in [0.25, 0.3) is 0 Å². The number of primary sulfonamides is 2. The van der Waals surface area contributed by atoms with Crippen molar-refractivity contribution in [2.24, 2.45) is 10.3 Å². The van der Waals surface area contributed by atoms with Crippen molar-refractivity contribution >= 4 is 80.5 Å². The minimum Gasteiger partial charge on any atom is -0.316 e. The van der Waals surface area contributed by atoms with Crippen LogP contribution in [0.1, 0.15) is 68.1 Å². The fourth-order valence-corrected chi connectivity index (χ4v) is 11.5. The van der Waals surface area contributed by atoms with Crippen LogP contribution in [0.3, 0.4) is 0 Å². The van der Waals surface area contributed by atoms with Gasteiger partial charge in [0, 0.05) is 52.4 Å². The molecule has 14 nitrogen and oxygen atoms in total. The zero-order valence-corrected chi connectivity index (χ0v) is 42.1. The number of nitrogens with zero attached hydrogens (tertiary/aromatic N) is 3. The molecule has 4 heterocycles. The molecule has 0 spiro atoms. The van der Waals surface area contributed by atoms with Gasteiger partial charge in [0.1, 0.15) is 33.8 Å². The third-order valence-corrected chi connectivity index (χ3v) is 15.9. The average molecular weight is 1080 g/mol. The molecule has 2 unspecified atom stereocenters. The lowest BCUT2D eigenvalue weighted by molar-refractivity contribution is -0.116. The Labute approximate surface area is 416 Å². The number of anilines is 2. The molecule has 0 radical (unpaired) electrons. The van der Waals surface area contributed by atoms with E-state index in [0.717, 1.165) is 44.8 Å². The number of nitrogens with two attached hydrogens (primary N) is 2. The molecule has 8 rings (SSSR count). The average Bonchev–Trinajstić information content (AvgIpc) is 3.81. The standard InChI is InChI=1S/C24H23FN4O3S2.C17H18N4O3S2.C7H6BrF/c1-15-9-22-21(14-29(15)13-17-3-2-4-18(25)10-17)20(12-26)24(33-22)28-23(30)11-16-5-7-19(8-6-16)34(27,31)32;1-10-6-15-14(9-20-10)13(8-18)17(25-15)21-16(22)7-11-2-4-12(5-3-11)26(19,23)24;8-5-6-2-1-3-7(9)4-6/h2-8,10,15H,9,11,13-14H2,1H3,(H,28,30)(H2,27,31,32);2-5,10,20H,6-7,9H2,1H3,(H,21,22)(H2,19,23,24);1-4H,5H2. The quantitative estimate of drug-likeness (QED) is 0.0791. The molecule has 0 fully saturated rings. The highest BCUT2D eigenvalue weighted by molar-refractivity contribution is 9.08. The van der Waals surface area contributed by atoms with Crippen LogP contribution in [-0.2, 0) is 80.3 Å². The van der Waals surface area contributed by atoms with Crippen LogP contribution in [0.4, 0.5) is 18.8 Å². The molecule has 69 heavy (non-hydrogen) atoms. The van der Waals surface area contributed by atoms with Crippen molar-refractivity contribution in [2.45, 2.75) is 86.4 Å². The number of halogens is 3. The van der Waals surface area contributed by atoms with E-state index in [1.165, 1.54) is 83.3 Å². The number of hydrogen-bond acceptors (Lipinski definition) is 12. The van der Waals surface area contributed by atoms with Gasteiger partial charge in [-0.2, -0.15) is 10.5 Å². The number of carbonyl (C=O) groups excluding carboxylic acids is 2. The SMILES string of the molecule is CC1Cc2sc(NC(=O)Cc3ccc(S(N)(=O)=O)cc3)c(C#N)c2CN1.CC1Cc2sc(NC(=O)Cc3ccc(S(N)(=O)=O)cc3)c(C#N)c2CN1Cc1cccc(F)c1.Fc1cccc(CBr)c1. The van der Waals surface area contributed by atoms with E-state index in [2.05, 4.69) is 62.8 Å². The van der Waals surface area contributed by atoms with Gasteiger partial charge >= 0.3 is 0 Å². The maximum atomic E-state index is 13.6. The first-order valence-corrected chi connectivity index (χ1v) is 27.0. The van der Waals surface area contributed by atoms with Gasteiger partial charge in [0.2, 0.25) is 31.9 Å². The molecule has 0 bridgehead atoms. The first kappa shape index (κ1) is 52.6. The van der Waals surface area contributed by atoms with E-state index < -0.39 is 20.0 Å². The number of nitriles is 2. The summed E-state index contributed by atoms with van der Waals surface area (Å²) in [6.07, 6.45) is 1.67. The number of sulfonamides is 2. The van der Waals surface area contributed by atoms with Gasteiger partial charge in [-0.3, -0.25) is 14.5 Å². The molecule has 2 aliphatic heterocycles. The van der Waals surface area contributed by atoms with Crippen LogP contribution in [-0.4, -0.2) is 45.6 Å². The lowest BCUT2D eigenvalue weighted by atomic mass is 9.99. The summed E-state index contributed by atoms with van der Waals surface area (Å²) in [4.78, 5) is 29.3. The monoisotopic (exact) mass is 1080 g/mol. The lowest BCUT2D eigenvalue weighted by Crippen LogP contribution is -2.37. The van der Waals surface area contributed by atoms with Crippen LogP contribution in [0.25, 0.3) is 0 Å². The second-order valence-electron chi connectivity index (χ2n) is 16.3. The normalized spacial score (nSPS) is 15.4. The number of alkyl halides is 1. The van der Waals surface area contributed by atoms with Crippen molar-refractivity contribution in [1.29, 1.82) is 10.5 Å². The first-order chi connectivity index (χ1) is 32.7. The van der Waals surface area contributed by atoms with Gasteiger partial charge in [-0.05, 0) is 103 Å². The topological polar surface area (TPSA) is 241 Å². The van der Waals surface area contributed by atoms with Crippen LogP contribution < -0.4 is 26.2 Å². The zero-order valence-electron chi connectivity index (χ0n) is 37.3. The number of hydrogen-bond donors (Lipinski definition) is 5. The van der Waals surface area contributed by atoms with E-state index in [4.69, 9.17) is 10.3 Å². The molecule has 2 aromatic heterocycles. The highest BCUT2D eigenvalue weighted by Gasteiger charge is 2.30. The molecule has 0 aliphatic carbocycles. The van der Waals surface area contributed by atoms with Gasteiger partial charge in [-0.1, -0.05) is 64.5 Å². The number of thiophene rings is 2. The molecule has 360 valence electrons. The maximum absolute atomic E-state index is 13.6. The number of fused-ring (bicyclic) bond motifs is 2. The first-order valence-electron chi connectivity index (χ1n) is 21.2. The molecule has 21 heteroatoms. The number of amides is 2. The second-order valence-corrected chi connectivity index (χ2v) is 22.2. The number of rotatable bonds is 11. The summed E-state index contributed by atoms with van der Waals surface area (Å²) in [5.74, 6) is -1.01. The highest BCUT2D eigenvalue weighted by atomic mass is 79.9. The largest absolute Gasteiger partial charge is 0.316 e. The van der Waals surface area contributed by atoms with Crippen LogP contribution in [0.15, 0.2) is 107 Å². The summed E-state index contributed by atoms with van der Waals surface area (Å²) in [5, 5.41) is 40.2. The van der Waals surface area contributed by atoms with Crippen LogP contribution >= 0.6 is 38.6 Å². The van der Waals surface area contributed by atoms with Gasteiger partial charge in [-0.15, -0.1) is 22.7 Å². The minimum atomic E-state index is -3.80. The van der Waals surface area contributed by atoms with E-state index in [-0.39, 0.29) is 52.1 Å². The smallest absolute Gasteiger partial charge is 0.238 e. The molecule has 2 atom stereocenters. The Kier molecular flexibility index (Phi) is 17.7. The van der Waals surface area contributed by atoms with Crippen molar-refractivity contribution in [1.82, 2.24) is 10.2 Å². The van der Waals surface area contributed by atoms with Crippen molar-refractivity contribution in [2.75, 3.05) is 10.6 Å². The molecular formula is C48H47BrF2N8O6S4. The van der Waals surface area contributed by atoms with Gasteiger partial charge in [0.05, 0.1) is 33.8 Å². The summed E-state index contributed by atoms with van der Waals surface area (Å²) in [6, 6.07) is 29.6. The predicted octanol–water partition coefficient (Wildman–Crippen LogP) is 7.74. The van der Waals surface area contributed by atoms with Crippen LogP contribution in [0.2, 0.25) is 0 Å². The third-order valence-electron chi connectivity index (χ3n) is 11.0. The second kappa shape index (κ2) is 23.3. The summed E-state index contributed by atoms with van der Waals surface area (Å²) in [6.45, 7) is 5.91. The number of nitrogens with one attached hydrogen (secondary N) is 3. The molecule has 6 aromatic rings. The molecule has 7 N–H and O–H groups in total. The van der Waals surface area contributed by atoms with E-state index in [1.807, 2.05) is 12.1 Å². The zero-order chi connectivity index (χ0) is 50.0. The van der Waals surface area contributed by atoms with E-state index in [9.17, 15) is 45.7 Å². The summed E-state index contributed by atoms with van der Waals surface area (Å²) >= 11 is 6.08. The molecular weight excluding hydrogens is 1030 g/mol. The maximum Gasteiger partial charge on any atom is 0.238 e. The Hall–Kier alpha value is -5.72. The number of carbonyl (C=O) groups is 2. The molecule has 0 saturated heterocycles. The minimum absolute atomic E-state index is 0.000904. The summed E-state index contributed by atoms with van der Waals surface area (Å²) < 4.78 is 71.2. The Morgan fingerprint density at radius 2 is 1.19 bits per heavy atom. The molecule has 2 amide bonds. The van der Waals surface area contributed by atoms with Crippen LogP contribution in [0, 0.1) is 34.3 Å². The van der Waals surface area contributed by atoms with Crippen LogP contribution in [0.5, 0.6) is 0 Å².